The Kier molecular flexibility index (Phi) is 4.58. The van der Waals surface area contributed by atoms with Crippen molar-refractivity contribution in [3.8, 4) is 5.75 Å². The third kappa shape index (κ3) is 2.98. The van der Waals surface area contributed by atoms with Gasteiger partial charge in [-0.1, -0.05) is 49.1 Å². The number of thioether (sulfide) groups is 1. The SMILES string of the molecule is C=CCOc1cccc2c1NC(c1ccc(SC)cc1)C1CC=CC21. The molecule has 0 saturated carbocycles. The number of benzene rings is 2. The highest BCUT2D eigenvalue weighted by Gasteiger charge is 2.38. The summed E-state index contributed by atoms with van der Waals surface area (Å²) in [5, 5.41) is 3.79. The van der Waals surface area contributed by atoms with Crippen molar-refractivity contribution in [2.45, 2.75) is 23.3 Å². The lowest BCUT2D eigenvalue weighted by molar-refractivity contribution is 0.358. The van der Waals surface area contributed by atoms with E-state index in [9.17, 15) is 0 Å². The summed E-state index contributed by atoms with van der Waals surface area (Å²) in [7, 11) is 0. The van der Waals surface area contributed by atoms with E-state index in [-0.39, 0.29) is 0 Å². The van der Waals surface area contributed by atoms with Gasteiger partial charge in [-0.05, 0) is 47.9 Å². The zero-order chi connectivity index (χ0) is 17.2. The van der Waals surface area contributed by atoms with Crippen LogP contribution in [0.2, 0.25) is 0 Å². The first-order valence-corrected chi connectivity index (χ1v) is 9.98. The van der Waals surface area contributed by atoms with Crippen molar-refractivity contribution >= 4 is 17.4 Å². The fourth-order valence-electron chi connectivity index (χ4n) is 4.00. The van der Waals surface area contributed by atoms with Gasteiger partial charge in [-0.2, -0.15) is 0 Å². The molecule has 2 aromatic rings. The third-order valence-electron chi connectivity index (χ3n) is 5.19. The molecule has 0 aromatic heterocycles. The molecule has 1 aliphatic carbocycles. The van der Waals surface area contributed by atoms with Crippen LogP contribution in [0.25, 0.3) is 0 Å². The molecule has 0 amide bonds. The van der Waals surface area contributed by atoms with E-state index in [4.69, 9.17) is 4.74 Å². The third-order valence-corrected chi connectivity index (χ3v) is 5.93. The van der Waals surface area contributed by atoms with Gasteiger partial charge >= 0.3 is 0 Å². The Hall–Kier alpha value is -2.13. The minimum absolute atomic E-state index is 0.303. The summed E-state index contributed by atoms with van der Waals surface area (Å²) in [5.74, 6) is 1.93. The molecule has 3 atom stereocenters. The van der Waals surface area contributed by atoms with E-state index in [0.717, 1.165) is 17.9 Å². The quantitative estimate of drug-likeness (QED) is 0.544. The van der Waals surface area contributed by atoms with Crippen LogP contribution in [0.3, 0.4) is 0 Å². The molecule has 4 rings (SSSR count). The van der Waals surface area contributed by atoms with Crippen LogP contribution >= 0.6 is 11.8 Å². The summed E-state index contributed by atoms with van der Waals surface area (Å²) in [6.07, 6.45) is 9.71. The summed E-state index contributed by atoms with van der Waals surface area (Å²) in [6.45, 7) is 4.28. The second-order valence-corrected chi connectivity index (χ2v) is 7.45. The van der Waals surface area contributed by atoms with Crippen LogP contribution < -0.4 is 10.1 Å². The normalized spacial score (nSPS) is 23.5. The van der Waals surface area contributed by atoms with Crippen LogP contribution in [0.5, 0.6) is 5.75 Å². The number of ether oxygens (including phenoxy) is 1. The van der Waals surface area contributed by atoms with Crippen LogP contribution in [-0.2, 0) is 0 Å². The van der Waals surface area contributed by atoms with Gasteiger partial charge in [0.25, 0.3) is 0 Å². The Balaban J connectivity index is 1.73. The number of anilines is 1. The molecule has 0 radical (unpaired) electrons. The monoisotopic (exact) mass is 349 g/mol. The molecule has 25 heavy (non-hydrogen) atoms. The Labute approximate surface area is 154 Å². The highest BCUT2D eigenvalue weighted by molar-refractivity contribution is 7.98. The molecule has 2 aromatic carbocycles. The largest absolute Gasteiger partial charge is 0.487 e. The van der Waals surface area contributed by atoms with E-state index in [0.29, 0.717) is 24.5 Å². The molecule has 2 aliphatic rings. The van der Waals surface area contributed by atoms with Crippen LogP contribution in [0, 0.1) is 5.92 Å². The Bertz CT molecular complexity index is 796. The molecule has 0 fully saturated rings. The average Bonchev–Trinajstić information content (AvgIpc) is 3.16. The molecule has 0 spiro atoms. The van der Waals surface area contributed by atoms with Gasteiger partial charge in [-0.25, -0.2) is 0 Å². The van der Waals surface area contributed by atoms with Crippen molar-refractivity contribution in [3.05, 3.63) is 78.4 Å². The maximum Gasteiger partial charge on any atom is 0.143 e. The lowest BCUT2D eigenvalue weighted by Crippen LogP contribution is -2.29. The summed E-state index contributed by atoms with van der Waals surface area (Å²) >= 11 is 1.78. The molecule has 3 heteroatoms. The first-order valence-electron chi connectivity index (χ1n) is 8.75. The Morgan fingerprint density at radius 1 is 1.24 bits per heavy atom. The second-order valence-electron chi connectivity index (χ2n) is 6.57. The van der Waals surface area contributed by atoms with E-state index < -0.39 is 0 Å². The highest BCUT2D eigenvalue weighted by Crippen LogP contribution is 2.52. The first kappa shape index (κ1) is 16.3. The van der Waals surface area contributed by atoms with Crippen LogP contribution in [-0.4, -0.2) is 12.9 Å². The summed E-state index contributed by atoms with van der Waals surface area (Å²) in [5.41, 5.74) is 3.83. The van der Waals surface area contributed by atoms with Crippen LogP contribution in [0.1, 0.15) is 29.5 Å². The van der Waals surface area contributed by atoms with Crippen molar-refractivity contribution in [1.82, 2.24) is 0 Å². The summed E-state index contributed by atoms with van der Waals surface area (Å²) in [4.78, 5) is 1.30. The second kappa shape index (κ2) is 7.01. The van der Waals surface area contributed by atoms with Crippen molar-refractivity contribution in [3.63, 3.8) is 0 Å². The van der Waals surface area contributed by atoms with Gasteiger partial charge in [0.1, 0.15) is 12.4 Å². The number of para-hydroxylation sites is 1. The van der Waals surface area contributed by atoms with E-state index in [1.54, 1.807) is 17.8 Å². The van der Waals surface area contributed by atoms with Gasteiger partial charge in [0, 0.05) is 10.8 Å². The zero-order valence-corrected chi connectivity index (χ0v) is 15.3. The number of nitrogens with one attached hydrogen (secondary N) is 1. The van der Waals surface area contributed by atoms with E-state index >= 15 is 0 Å². The van der Waals surface area contributed by atoms with E-state index in [1.807, 2.05) is 6.07 Å². The molecule has 1 aliphatic heterocycles. The molecule has 0 bridgehead atoms. The topological polar surface area (TPSA) is 21.3 Å². The molecular formula is C22H23NOS. The number of hydrogen-bond donors (Lipinski definition) is 1. The van der Waals surface area contributed by atoms with Crippen LogP contribution in [0.15, 0.2) is 72.2 Å². The average molecular weight is 349 g/mol. The van der Waals surface area contributed by atoms with Crippen molar-refractivity contribution in [1.29, 1.82) is 0 Å². The lowest BCUT2D eigenvalue weighted by Gasteiger charge is -2.38. The predicted molar refractivity (Wildman–Crippen MR) is 107 cm³/mol. The smallest absolute Gasteiger partial charge is 0.143 e. The Morgan fingerprint density at radius 3 is 2.84 bits per heavy atom. The van der Waals surface area contributed by atoms with E-state index in [1.165, 1.54) is 16.0 Å². The number of allylic oxidation sites excluding steroid dienone is 2. The molecule has 0 saturated heterocycles. The molecule has 128 valence electrons. The van der Waals surface area contributed by atoms with Crippen molar-refractivity contribution in [2.24, 2.45) is 5.92 Å². The van der Waals surface area contributed by atoms with Gasteiger partial charge in [0.05, 0.1) is 11.7 Å². The highest BCUT2D eigenvalue weighted by atomic mass is 32.2. The van der Waals surface area contributed by atoms with Crippen molar-refractivity contribution < 1.29 is 4.74 Å². The molecule has 1 N–H and O–H groups in total. The van der Waals surface area contributed by atoms with Gasteiger partial charge in [0.15, 0.2) is 0 Å². The van der Waals surface area contributed by atoms with Crippen LogP contribution in [0.4, 0.5) is 5.69 Å². The standard InChI is InChI=1S/C22H23NOS/c1-3-14-24-20-9-5-8-19-17-6-4-7-18(17)21(23-22(19)20)15-10-12-16(25-2)13-11-15/h3-6,8-13,17-18,21,23H,1,7,14H2,2H3. The maximum absolute atomic E-state index is 5.91. The minimum atomic E-state index is 0.303. The molecular weight excluding hydrogens is 326 g/mol. The molecule has 2 nitrogen and oxygen atoms in total. The lowest BCUT2D eigenvalue weighted by atomic mass is 9.77. The van der Waals surface area contributed by atoms with Crippen molar-refractivity contribution in [2.75, 3.05) is 18.2 Å². The van der Waals surface area contributed by atoms with E-state index in [2.05, 4.69) is 66.7 Å². The van der Waals surface area contributed by atoms with Gasteiger partial charge in [-0.15, -0.1) is 11.8 Å². The fourth-order valence-corrected chi connectivity index (χ4v) is 4.41. The molecule has 3 unspecified atom stereocenters. The summed E-state index contributed by atoms with van der Waals surface area (Å²) in [6, 6.07) is 15.6. The number of hydrogen-bond acceptors (Lipinski definition) is 3. The fraction of sp³-hybridized carbons (Fsp3) is 0.273. The van der Waals surface area contributed by atoms with Gasteiger partial charge < -0.3 is 10.1 Å². The predicted octanol–water partition coefficient (Wildman–Crippen LogP) is 5.80. The first-order chi connectivity index (χ1) is 12.3. The summed E-state index contributed by atoms with van der Waals surface area (Å²) < 4.78 is 5.91. The maximum atomic E-state index is 5.91. The van der Waals surface area contributed by atoms with Gasteiger partial charge in [0.2, 0.25) is 0 Å². The number of fused-ring (bicyclic) bond motifs is 3. The van der Waals surface area contributed by atoms with Gasteiger partial charge in [-0.3, -0.25) is 0 Å². The minimum Gasteiger partial charge on any atom is -0.487 e. The number of rotatable bonds is 5. The molecule has 1 heterocycles. The zero-order valence-electron chi connectivity index (χ0n) is 14.4. The Morgan fingerprint density at radius 2 is 2.08 bits per heavy atom.